The van der Waals surface area contributed by atoms with Crippen LogP contribution in [0.25, 0.3) is 5.69 Å². The van der Waals surface area contributed by atoms with Crippen LogP contribution < -0.4 is 5.32 Å². The summed E-state index contributed by atoms with van der Waals surface area (Å²) in [5.74, 6) is 0.799. The molecule has 0 saturated heterocycles. The molecule has 2 unspecified atom stereocenters. The van der Waals surface area contributed by atoms with Crippen LogP contribution in [-0.4, -0.2) is 15.8 Å². The van der Waals surface area contributed by atoms with Crippen LogP contribution in [0.1, 0.15) is 38.2 Å². The molecule has 0 amide bonds. The van der Waals surface area contributed by atoms with Crippen molar-refractivity contribution in [3.8, 4) is 5.69 Å². The fourth-order valence-corrected chi connectivity index (χ4v) is 3.04. The number of aromatic nitrogens is 2. The standard InChI is InChI=1S/C17H23N3/c1-14-7-5-6-10-17(14)18-11-15-12-19-20(13-15)16-8-3-2-4-9-16/h2-4,8-9,12-14,17-18H,5-7,10-11H2,1H3. The first-order chi connectivity index (χ1) is 9.83. The molecule has 3 nitrogen and oxygen atoms in total. The van der Waals surface area contributed by atoms with Crippen LogP contribution in [0.15, 0.2) is 42.7 Å². The van der Waals surface area contributed by atoms with E-state index in [2.05, 4.69) is 35.7 Å². The molecule has 2 aromatic rings. The van der Waals surface area contributed by atoms with E-state index >= 15 is 0 Å². The smallest absolute Gasteiger partial charge is 0.0645 e. The summed E-state index contributed by atoms with van der Waals surface area (Å²) in [5.41, 5.74) is 2.37. The maximum atomic E-state index is 4.45. The van der Waals surface area contributed by atoms with E-state index in [0.717, 1.165) is 18.2 Å². The minimum atomic E-state index is 0.670. The largest absolute Gasteiger partial charge is 0.310 e. The zero-order valence-corrected chi connectivity index (χ0v) is 12.1. The summed E-state index contributed by atoms with van der Waals surface area (Å²) in [4.78, 5) is 0. The molecule has 0 aliphatic heterocycles. The van der Waals surface area contributed by atoms with E-state index < -0.39 is 0 Å². The average Bonchev–Trinajstić information content (AvgIpc) is 2.96. The molecule has 1 saturated carbocycles. The zero-order valence-electron chi connectivity index (χ0n) is 12.1. The Bertz CT molecular complexity index is 532. The van der Waals surface area contributed by atoms with Gasteiger partial charge in [0.05, 0.1) is 11.9 Å². The number of hydrogen-bond donors (Lipinski definition) is 1. The van der Waals surface area contributed by atoms with E-state index in [1.165, 1.54) is 31.2 Å². The molecule has 3 rings (SSSR count). The van der Waals surface area contributed by atoms with Gasteiger partial charge in [-0.15, -0.1) is 0 Å². The second-order valence-corrected chi connectivity index (χ2v) is 5.88. The van der Waals surface area contributed by atoms with Crippen molar-refractivity contribution in [1.29, 1.82) is 0 Å². The van der Waals surface area contributed by atoms with Crippen molar-refractivity contribution >= 4 is 0 Å². The van der Waals surface area contributed by atoms with Gasteiger partial charge in [-0.2, -0.15) is 5.10 Å². The molecule has 1 heterocycles. The summed E-state index contributed by atoms with van der Waals surface area (Å²) in [6.07, 6.45) is 9.52. The highest BCUT2D eigenvalue weighted by Gasteiger charge is 2.20. The first kappa shape index (κ1) is 13.4. The molecule has 1 aromatic heterocycles. The van der Waals surface area contributed by atoms with Crippen LogP contribution in [-0.2, 0) is 6.54 Å². The topological polar surface area (TPSA) is 29.9 Å². The lowest BCUT2D eigenvalue weighted by molar-refractivity contribution is 0.279. The summed E-state index contributed by atoms with van der Waals surface area (Å²) >= 11 is 0. The second kappa shape index (κ2) is 6.23. The van der Waals surface area contributed by atoms with Crippen LogP contribution in [0.3, 0.4) is 0 Å². The lowest BCUT2D eigenvalue weighted by atomic mass is 9.86. The zero-order chi connectivity index (χ0) is 13.8. The van der Waals surface area contributed by atoms with Crippen molar-refractivity contribution in [1.82, 2.24) is 15.1 Å². The van der Waals surface area contributed by atoms with Gasteiger partial charge in [-0.1, -0.05) is 38.0 Å². The number of benzene rings is 1. The average molecular weight is 269 g/mol. The summed E-state index contributed by atoms with van der Waals surface area (Å²) in [6.45, 7) is 3.28. The minimum Gasteiger partial charge on any atom is -0.310 e. The number of nitrogens with one attached hydrogen (secondary N) is 1. The van der Waals surface area contributed by atoms with Crippen molar-refractivity contribution in [2.24, 2.45) is 5.92 Å². The molecule has 20 heavy (non-hydrogen) atoms. The van der Waals surface area contributed by atoms with Crippen LogP contribution in [0, 0.1) is 5.92 Å². The normalized spacial score (nSPS) is 22.9. The summed E-state index contributed by atoms with van der Waals surface area (Å²) in [7, 11) is 0. The quantitative estimate of drug-likeness (QED) is 0.920. The van der Waals surface area contributed by atoms with Crippen molar-refractivity contribution in [3.05, 3.63) is 48.3 Å². The molecule has 0 spiro atoms. The molecule has 3 heteroatoms. The number of hydrogen-bond acceptors (Lipinski definition) is 2. The molecular formula is C17H23N3. The van der Waals surface area contributed by atoms with Crippen LogP contribution in [0.4, 0.5) is 0 Å². The molecule has 1 aromatic carbocycles. The van der Waals surface area contributed by atoms with Gasteiger partial charge in [0.1, 0.15) is 0 Å². The fourth-order valence-electron chi connectivity index (χ4n) is 3.04. The first-order valence-electron chi connectivity index (χ1n) is 7.65. The predicted octanol–water partition coefficient (Wildman–Crippen LogP) is 3.54. The predicted molar refractivity (Wildman–Crippen MR) is 81.8 cm³/mol. The molecule has 2 atom stereocenters. The van der Waals surface area contributed by atoms with E-state index in [1.807, 2.05) is 29.1 Å². The van der Waals surface area contributed by atoms with Gasteiger partial charge < -0.3 is 5.32 Å². The Labute approximate surface area is 121 Å². The summed E-state index contributed by atoms with van der Waals surface area (Å²) < 4.78 is 1.95. The Balaban J connectivity index is 1.60. The Morgan fingerprint density at radius 3 is 2.80 bits per heavy atom. The van der Waals surface area contributed by atoms with Crippen LogP contribution >= 0.6 is 0 Å². The monoisotopic (exact) mass is 269 g/mol. The Hall–Kier alpha value is -1.61. The lowest BCUT2D eigenvalue weighted by Gasteiger charge is -2.29. The molecule has 0 bridgehead atoms. The maximum absolute atomic E-state index is 4.45. The Morgan fingerprint density at radius 1 is 1.20 bits per heavy atom. The molecule has 1 fully saturated rings. The third-order valence-electron chi connectivity index (χ3n) is 4.34. The van der Waals surface area contributed by atoms with E-state index in [0.29, 0.717) is 6.04 Å². The summed E-state index contributed by atoms with van der Waals surface area (Å²) in [5, 5.41) is 8.14. The second-order valence-electron chi connectivity index (χ2n) is 5.88. The first-order valence-corrected chi connectivity index (χ1v) is 7.65. The third-order valence-corrected chi connectivity index (χ3v) is 4.34. The molecular weight excluding hydrogens is 246 g/mol. The molecule has 1 aliphatic rings. The lowest BCUT2D eigenvalue weighted by Crippen LogP contribution is -2.36. The molecule has 1 aliphatic carbocycles. The van der Waals surface area contributed by atoms with Gasteiger partial charge >= 0.3 is 0 Å². The number of para-hydroxylation sites is 1. The van der Waals surface area contributed by atoms with Gasteiger partial charge in [-0.3, -0.25) is 0 Å². The van der Waals surface area contributed by atoms with Crippen LogP contribution in [0.2, 0.25) is 0 Å². The van der Waals surface area contributed by atoms with Gasteiger partial charge in [-0.05, 0) is 30.9 Å². The van der Waals surface area contributed by atoms with E-state index in [9.17, 15) is 0 Å². The SMILES string of the molecule is CC1CCCCC1NCc1cnn(-c2ccccc2)c1. The highest BCUT2D eigenvalue weighted by Crippen LogP contribution is 2.24. The van der Waals surface area contributed by atoms with Gasteiger partial charge in [-0.25, -0.2) is 4.68 Å². The van der Waals surface area contributed by atoms with Crippen molar-refractivity contribution in [2.45, 2.75) is 45.2 Å². The van der Waals surface area contributed by atoms with Crippen molar-refractivity contribution < 1.29 is 0 Å². The highest BCUT2D eigenvalue weighted by atomic mass is 15.3. The Morgan fingerprint density at radius 2 is 2.00 bits per heavy atom. The van der Waals surface area contributed by atoms with Crippen LogP contribution in [0.5, 0.6) is 0 Å². The Kier molecular flexibility index (Phi) is 4.16. The highest BCUT2D eigenvalue weighted by molar-refractivity contribution is 5.30. The van der Waals surface area contributed by atoms with Gasteiger partial charge in [0.25, 0.3) is 0 Å². The van der Waals surface area contributed by atoms with Gasteiger partial charge in [0, 0.05) is 24.3 Å². The fraction of sp³-hybridized carbons (Fsp3) is 0.471. The molecule has 106 valence electrons. The minimum absolute atomic E-state index is 0.670. The molecule has 0 radical (unpaired) electrons. The van der Waals surface area contributed by atoms with Crippen molar-refractivity contribution in [2.75, 3.05) is 0 Å². The van der Waals surface area contributed by atoms with Gasteiger partial charge in [0.15, 0.2) is 0 Å². The summed E-state index contributed by atoms with van der Waals surface area (Å²) in [6, 6.07) is 10.9. The number of rotatable bonds is 4. The number of nitrogens with zero attached hydrogens (tertiary/aromatic N) is 2. The van der Waals surface area contributed by atoms with E-state index in [1.54, 1.807) is 0 Å². The van der Waals surface area contributed by atoms with Crippen molar-refractivity contribution in [3.63, 3.8) is 0 Å². The molecule has 1 N–H and O–H groups in total. The van der Waals surface area contributed by atoms with E-state index in [-0.39, 0.29) is 0 Å². The van der Waals surface area contributed by atoms with Gasteiger partial charge in [0.2, 0.25) is 0 Å². The maximum Gasteiger partial charge on any atom is 0.0645 e. The van der Waals surface area contributed by atoms with E-state index in [4.69, 9.17) is 0 Å². The third kappa shape index (κ3) is 3.10.